The highest BCUT2D eigenvalue weighted by Crippen LogP contribution is 2.17. The summed E-state index contributed by atoms with van der Waals surface area (Å²) in [6, 6.07) is 0.553. The Balaban J connectivity index is 2.03. The Bertz CT molecular complexity index is 343. The van der Waals surface area contributed by atoms with Crippen LogP contribution in [0.3, 0.4) is 0 Å². The van der Waals surface area contributed by atoms with Gasteiger partial charge in [0.25, 0.3) is 0 Å². The summed E-state index contributed by atoms with van der Waals surface area (Å²) in [7, 11) is 2.04. The first-order valence-corrected chi connectivity index (χ1v) is 5.94. The molecule has 0 saturated carbocycles. The Morgan fingerprint density at radius 1 is 1.57 bits per heavy atom. The maximum atomic E-state index is 4.33. The number of halogens is 1. The molecule has 1 atom stereocenters. The third kappa shape index (κ3) is 2.10. The van der Waals surface area contributed by atoms with Crippen LogP contribution in [-0.4, -0.2) is 15.6 Å². The van der Waals surface area contributed by atoms with Gasteiger partial charge in [-0.25, -0.2) is 4.98 Å². The van der Waals surface area contributed by atoms with Crippen molar-refractivity contribution < 1.29 is 0 Å². The molecular formula is C10H14IN3. The number of anilines is 1. The van der Waals surface area contributed by atoms with E-state index in [1.165, 1.54) is 12.8 Å². The molecule has 0 aromatic carbocycles. The van der Waals surface area contributed by atoms with Gasteiger partial charge in [0.2, 0.25) is 5.95 Å². The summed E-state index contributed by atoms with van der Waals surface area (Å²) in [5.74, 6) is 0.981. The Hall–Kier alpha value is -0.520. The minimum atomic E-state index is 0.553. The third-order valence-corrected chi connectivity index (χ3v) is 3.54. The standard InChI is InChI=1S/C10H14IN3/c1-14-9(11)7-12-10(14)13-8-5-3-2-4-6-8/h2-3,7-8H,4-6H2,1H3,(H,12,13). The summed E-state index contributed by atoms with van der Waals surface area (Å²) in [6.07, 6.45) is 9.89. The van der Waals surface area contributed by atoms with Crippen LogP contribution in [-0.2, 0) is 7.05 Å². The van der Waals surface area contributed by atoms with Gasteiger partial charge in [-0.05, 0) is 41.9 Å². The van der Waals surface area contributed by atoms with Gasteiger partial charge >= 0.3 is 0 Å². The van der Waals surface area contributed by atoms with Gasteiger partial charge in [-0.15, -0.1) is 0 Å². The molecule has 76 valence electrons. The van der Waals surface area contributed by atoms with Crippen molar-refractivity contribution in [2.75, 3.05) is 5.32 Å². The van der Waals surface area contributed by atoms with Crippen molar-refractivity contribution in [1.29, 1.82) is 0 Å². The molecule has 14 heavy (non-hydrogen) atoms. The summed E-state index contributed by atoms with van der Waals surface area (Å²) in [6.45, 7) is 0. The number of nitrogens with one attached hydrogen (secondary N) is 1. The Morgan fingerprint density at radius 3 is 3.00 bits per heavy atom. The monoisotopic (exact) mass is 303 g/mol. The molecule has 0 bridgehead atoms. The molecule has 1 aliphatic rings. The van der Waals surface area contributed by atoms with E-state index in [0.29, 0.717) is 6.04 Å². The number of hydrogen-bond acceptors (Lipinski definition) is 2. The lowest BCUT2D eigenvalue weighted by molar-refractivity contribution is 0.634. The number of allylic oxidation sites excluding steroid dienone is 1. The van der Waals surface area contributed by atoms with Gasteiger partial charge in [-0.3, -0.25) is 0 Å². The van der Waals surface area contributed by atoms with Crippen molar-refractivity contribution in [1.82, 2.24) is 9.55 Å². The molecule has 0 aliphatic heterocycles. The topological polar surface area (TPSA) is 29.9 Å². The van der Waals surface area contributed by atoms with Gasteiger partial charge in [0.1, 0.15) is 3.70 Å². The molecule has 1 aliphatic carbocycles. The van der Waals surface area contributed by atoms with Crippen LogP contribution in [0.25, 0.3) is 0 Å². The van der Waals surface area contributed by atoms with Gasteiger partial charge in [-0.2, -0.15) is 0 Å². The number of aromatic nitrogens is 2. The van der Waals surface area contributed by atoms with Gasteiger partial charge in [-0.1, -0.05) is 12.2 Å². The molecule has 0 amide bonds. The largest absolute Gasteiger partial charge is 0.353 e. The van der Waals surface area contributed by atoms with Crippen molar-refractivity contribution >= 4 is 28.5 Å². The Morgan fingerprint density at radius 2 is 2.43 bits per heavy atom. The zero-order valence-corrected chi connectivity index (χ0v) is 10.4. The van der Waals surface area contributed by atoms with Crippen LogP contribution in [0, 0.1) is 3.70 Å². The van der Waals surface area contributed by atoms with E-state index in [4.69, 9.17) is 0 Å². The molecule has 1 unspecified atom stereocenters. The molecular weight excluding hydrogens is 289 g/mol. The Labute approximate surface area is 97.7 Å². The van der Waals surface area contributed by atoms with E-state index in [0.717, 1.165) is 16.1 Å². The number of nitrogens with zero attached hydrogens (tertiary/aromatic N) is 2. The minimum absolute atomic E-state index is 0.553. The lowest BCUT2D eigenvalue weighted by Gasteiger charge is -2.19. The second-order valence-corrected chi connectivity index (χ2v) is 4.69. The van der Waals surface area contributed by atoms with Gasteiger partial charge in [0.15, 0.2) is 0 Å². The molecule has 1 aromatic rings. The predicted molar refractivity (Wildman–Crippen MR) is 66.3 cm³/mol. The molecule has 1 aromatic heterocycles. The molecule has 0 fully saturated rings. The van der Waals surface area contributed by atoms with Crippen LogP contribution in [0.1, 0.15) is 19.3 Å². The summed E-state index contributed by atoms with van der Waals surface area (Å²) in [5, 5.41) is 3.47. The second kappa shape index (κ2) is 4.33. The lowest BCUT2D eigenvalue weighted by Crippen LogP contribution is -2.22. The van der Waals surface area contributed by atoms with Crippen molar-refractivity contribution in [2.45, 2.75) is 25.3 Å². The molecule has 0 spiro atoms. The maximum absolute atomic E-state index is 4.33. The van der Waals surface area contributed by atoms with Gasteiger partial charge in [0.05, 0.1) is 6.20 Å². The molecule has 4 heteroatoms. The van der Waals surface area contributed by atoms with Crippen LogP contribution in [0.2, 0.25) is 0 Å². The quantitative estimate of drug-likeness (QED) is 0.672. The summed E-state index contributed by atoms with van der Waals surface area (Å²) < 4.78 is 3.25. The fourth-order valence-electron chi connectivity index (χ4n) is 1.63. The number of hydrogen-bond donors (Lipinski definition) is 1. The molecule has 1 N–H and O–H groups in total. The van der Waals surface area contributed by atoms with Gasteiger partial charge < -0.3 is 9.88 Å². The van der Waals surface area contributed by atoms with E-state index in [9.17, 15) is 0 Å². The fraction of sp³-hybridized carbons (Fsp3) is 0.500. The second-order valence-electron chi connectivity index (χ2n) is 3.59. The highest BCUT2D eigenvalue weighted by atomic mass is 127. The van der Waals surface area contributed by atoms with Crippen molar-refractivity contribution in [3.8, 4) is 0 Å². The summed E-state index contributed by atoms with van der Waals surface area (Å²) >= 11 is 2.29. The van der Waals surface area contributed by atoms with Crippen LogP contribution < -0.4 is 5.32 Å². The lowest BCUT2D eigenvalue weighted by atomic mass is 10.0. The first-order chi connectivity index (χ1) is 6.77. The molecule has 0 radical (unpaired) electrons. The SMILES string of the molecule is Cn1c(I)cnc1NC1CC=CCC1. The highest BCUT2D eigenvalue weighted by molar-refractivity contribution is 14.1. The van der Waals surface area contributed by atoms with Gasteiger partial charge in [0, 0.05) is 13.1 Å². The van der Waals surface area contributed by atoms with Crippen molar-refractivity contribution in [2.24, 2.45) is 7.05 Å². The molecule has 0 saturated heterocycles. The zero-order chi connectivity index (χ0) is 9.97. The first-order valence-electron chi connectivity index (χ1n) is 4.86. The van der Waals surface area contributed by atoms with E-state index < -0.39 is 0 Å². The Kier molecular flexibility index (Phi) is 3.10. The van der Waals surface area contributed by atoms with E-state index in [1.807, 2.05) is 13.2 Å². The average Bonchev–Trinajstić information content (AvgIpc) is 2.52. The third-order valence-electron chi connectivity index (χ3n) is 2.53. The van der Waals surface area contributed by atoms with E-state index in [2.05, 4.69) is 49.6 Å². The van der Waals surface area contributed by atoms with Crippen LogP contribution in [0.4, 0.5) is 5.95 Å². The zero-order valence-electron chi connectivity index (χ0n) is 8.20. The predicted octanol–water partition coefficient (Wildman–Crippen LogP) is 2.55. The minimum Gasteiger partial charge on any atom is -0.353 e. The smallest absolute Gasteiger partial charge is 0.203 e. The van der Waals surface area contributed by atoms with Crippen LogP contribution in [0.15, 0.2) is 18.3 Å². The van der Waals surface area contributed by atoms with E-state index in [1.54, 1.807) is 0 Å². The molecule has 1 heterocycles. The van der Waals surface area contributed by atoms with Crippen LogP contribution in [0.5, 0.6) is 0 Å². The van der Waals surface area contributed by atoms with Crippen molar-refractivity contribution in [3.05, 3.63) is 22.0 Å². The highest BCUT2D eigenvalue weighted by Gasteiger charge is 2.12. The molecule has 3 nitrogen and oxygen atoms in total. The van der Waals surface area contributed by atoms with E-state index >= 15 is 0 Å². The average molecular weight is 303 g/mol. The molecule has 2 rings (SSSR count). The van der Waals surface area contributed by atoms with Crippen LogP contribution >= 0.6 is 22.6 Å². The van der Waals surface area contributed by atoms with E-state index in [-0.39, 0.29) is 0 Å². The normalized spacial score (nSPS) is 21.1. The first kappa shape index (κ1) is 10.0. The number of rotatable bonds is 2. The number of imidazole rings is 1. The summed E-state index contributed by atoms with van der Waals surface area (Å²) in [4.78, 5) is 4.33. The fourth-order valence-corrected chi connectivity index (χ4v) is 2.00. The maximum Gasteiger partial charge on any atom is 0.203 e. The summed E-state index contributed by atoms with van der Waals surface area (Å²) in [5.41, 5.74) is 0. The van der Waals surface area contributed by atoms with Crippen molar-refractivity contribution in [3.63, 3.8) is 0 Å².